The van der Waals surface area contributed by atoms with Crippen LogP contribution < -0.4 is 0 Å². The Hall–Kier alpha value is -1.36. The van der Waals surface area contributed by atoms with Crippen molar-refractivity contribution in [3.05, 3.63) is 35.4 Å². The average Bonchev–Trinajstić information content (AvgIpc) is 2.25. The molecule has 1 aromatic rings. The number of rotatable bonds is 4. The lowest BCUT2D eigenvalue weighted by Gasteiger charge is -2.05. The summed E-state index contributed by atoms with van der Waals surface area (Å²) in [6.45, 7) is 0. The molecule has 0 aliphatic rings. The number of oxime groups is 1. The molecular formula is C10H10BrNO3. The number of hydrogen-bond donors (Lipinski definition) is 1. The highest BCUT2D eigenvalue weighted by atomic mass is 79.9. The second kappa shape index (κ2) is 5.50. The number of carboxylic acids is 1. The molecule has 1 rings (SSSR count). The maximum atomic E-state index is 10.9. The summed E-state index contributed by atoms with van der Waals surface area (Å²) in [5.41, 5.74) is 1.33. The number of alkyl halides is 1. The van der Waals surface area contributed by atoms with Crippen LogP contribution in [0.25, 0.3) is 0 Å². The predicted octanol–water partition coefficient (Wildman–Crippen LogP) is 2.02. The fourth-order valence-corrected chi connectivity index (χ4v) is 1.65. The fourth-order valence-electron chi connectivity index (χ4n) is 1.16. The number of carboxylic acid groups (broad SMARTS) is 1. The minimum atomic E-state index is -1.11. The Kier molecular flexibility index (Phi) is 4.30. The van der Waals surface area contributed by atoms with E-state index in [0.717, 1.165) is 5.56 Å². The highest BCUT2D eigenvalue weighted by Gasteiger charge is 2.16. The number of hydrogen-bond acceptors (Lipinski definition) is 3. The number of carbonyl (C=O) groups is 1. The zero-order valence-corrected chi connectivity index (χ0v) is 9.69. The first-order chi connectivity index (χ1) is 7.20. The van der Waals surface area contributed by atoms with Crippen LogP contribution in [0, 0.1) is 0 Å². The first-order valence-electron chi connectivity index (χ1n) is 4.19. The van der Waals surface area contributed by atoms with Crippen LogP contribution in [0.4, 0.5) is 0 Å². The average molecular weight is 272 g/mol. The minimum absolute atomic E-state index is 0.0902. The van der Waals surface area contributed by atoms with Crippen LogP contribution in [0.5, 0.6) is 0 Å². The van der Waals surface area contributed by atoms with Crippen molar-refractivity contribution in [2.45, 2.75) is 5.33 Å². The zero-order chi connectivity index (χ0) is 11.3. The van der Waals surface area contributed by atoms with Crippen LogP contribution >= 0.6 is 15.9 Å². The van der Waals surface area contributed by atoms with Crippen molar-refractivity contribution >= 4 is 27.6 Å². The van der Waals surface area contributed by atoms with Gasteiger partial charge in [-0.25, -0.2) is 4.79 Å². The molecule has 15 heavy (non-hydrogen) atoms. The van der Waals surface area contributed by atoms with Crippen LogP contribution in [0.2, 0.25) is 0 Å². The van der Waals surface area contributed by atoms with Crippen LogP contribution in [-0.4, -0.2) is 23.9 Å². The summed E-state index contributed by atoms with van der Waals surface area (Å²) in [7, 11) is 1.32. The highest BCUT2D eigenvalue weighted by molar-refractivity contribution is 9.08. The van der Waals surface area contributed by atoms with Gasteiger partial charge in [0.15, 0.2) is 5.71 Å². The smallest absolute Gasteiger partial charge is 0.358 e. The molecule has 0 aliphatic heterocycles. The normalized spacial score (nSPS) is 11.2. The molecule has 0 amide bonds. The third-order valence-electron chi connectivity index (χ3n) is 1.80. The largest absolute Gasteiger partial charge is 0.476 e. The Morgan fingerprint density at radius 1 is 1.53 bits per heavy atom. The molecule has 0 saturated heterocycles. The molecule has 0 fully saturated rings. The molecule has 5 heteroatoms. The molecule has 0 bridgehead atoms. The van der Waals surface area contributed by atoms with E-state index < -0.39 is 5.97 Å². The second-order valence-corrected chi connectivity index (χ2v) is 3.28. The van der Waals surface area contributed by atoms with Gasteiger partial charge in [-0.05, 0) is 5.56 Å². The lowest BCUT2D eigenvalue weighted by molar-refractivity contribution is -0.129. The topological polar surface area (TPSA) is 58.9 Å². The van der Waals surface area contributed by atoms with Gasteiger partial charge in [-0.2, -0.15) is 0 Å². The summed E-state index contributed by atoms with van der Waals surface area (Å²) in [5, 5.41) is 13.0. The van der Waals surface area contributed by atoms with Crippen molar-refractivity contribution in [3.63, 3.8) is 0 Å². The van der Waals surface area contributed by atoms with Gasteiger partial charge in [0.05, 0.1) is 0 Å². The molecule has 0 saturated carbocycles. The van der Waals surface area contributed by atoms with Crippen LogP contribution in [0.1, 0.15) is 11.1 Å². The number of halogens is 1. The van der Waals surface area contributed by atoms with Gasteiger partial charge in [0.2, 0.25) is 0 Å². The van der Waals surface area contributed by atoms with E-state index in [9.17, 15) is 4.79 Å². The molecule has 4 nitrogen and oxygen atoms in total. The van der Waals surface area contributed by atoms with E-state index in [0.29, 0.717) is 10.9 Å². The first kappa shape index (κ1) is 11.7. The molecule has 0 radical (unpaired) electrons. The molecule has 1 N–H and O–H groups in total. The van der Waals surface area contributed by atoms with Crippen molar-refractivity contribution in [2.75, 3.05) is 7.11 Å². The third-order valence-corrected chi connectivity index (χ3v) is 2.41. The van der Waals surface area contributed by atoms with Gasteiger partial charge >= 0.3 is 5.97 Å². The molecular weight excluding hydrogens is 262 g/mol. The quantitative estimate of drug-likeness (QED) is 0.518. The molecule has 0 heterocycles. The van der Waals surface area contributed by atoms with Crippen molar-refractivity contribution < 1.29 is 14.7 Å². The number of benzene rings is 1. The Morgan fingerprint density at radius 3 is 2.73 bits per heavy atom. The monoisotopic (exact) mass is 271 g/mol. The molecule has 0 aromatic heterocycles. The molecule has 1 aromatic carbocycles. The fraction of sp³-hybridized carbons (Fsp3) is 0.200. The van der Waals surface area contributed by atoms with E-state index in [1.54, 1.807) is 12.1 Å². The van der Waals surface area contributed by atoms with Gasteiger partial charge in [-0.3, -0.25) is 0 Å². The zero-order valence-electron chi connectivity index (χ0n) is 8.11. The van der Waals surface area contributed by atoms with Gasteiger partial charge in [0.25, 0.3) is 0 Å². The van der Waals surface area contributed by atoms with Crippen LogP contribution in [0.15, 0.2) is 29.4 Å². The summed E-state index contributed by atoms with van der Waals surface area (Å²) >= 11 is 3.29. The van der Waals surface area contributed by atoms with E-state index >= 15 is 0 Å². The summed E-state index contributed by atoms with van der Waals surface area (Å²) in [5.74, 6) is -1.11. The third kappa shape index (κ3) is 2.79. The summed E-state index contributed by atoms with van der Waals surface area (Å²) < 4.78 is 0. The van der Waals surface area contributed by atoms with Crippen molar-refractivity contribution in [3.8, 4) is 0 Å². The van der Waals surface area contributed by atoms with E-state index in [1.165, 1.54) is 7.11 Å². The molecule has 0 unspecified atom stereocenters. The minimum Gasteiger partial charge on any atom is -0.476 e. The maximum absolute atomic E-state index is 10.9. The van der Waals surface area contributed by atoms with Gasteiger partial charge in [-0.1, -0.05) is 45.4 Å². The first-order valence-corrected chi connectivity index (χ1v) is 5.31. The number of aliphatic carboxylic acids is 1. The maximum Gasteiger partial charge on any atom is 0.358 e. The summed E-state index contributed by atoms with van der Waals surface area (Å²) in [4.78, 5) is 15.4. The van der Waals surface area contributed by atoms with Gasteiger partial charge < -0.3 is 9.94 Å². The van der Waals surface area contributed by atoms with E-state index in [4.69, 9.17) is 5.11 Å². The number of nitrogens with zero attached hydrogens (tertiary/aromatic N) is 1. The lowest BCUT2D eigenvalue weighted by atomic mass is 10.0. The van der Waals surface area contributed by atoms with E-state index in [-0.39, 0.29) is 5.71 Å². The van der Waals surface area contributed by atoms with Crippen molar-refractivity contribution in [2.24, 2.45) is 5.16 Å². The molecule has 80 valence electrons. The Morgan fingerprint density at radius 2 is 2.20 bits per heavy atom. The second-order valence-electron chi connectivity index (χ2n) is 2.72. The molecule has 0 aliphatic carbocycles. The molecule has 0 spiro atoms. The standard InChI is InChI=1S/C10H10BrNO3/c1-15-12-9(10(13)14)8-5-3-2-4-7(8)6-11/h2-5H,6H2,1H3,(H,13,14)/b12-9-. The molecule has 0 atom stereocenters. The van der Waals surface area contributed by atoms with Crippen LogP contribution in [-0.2, 0) is 15.0 Å². The lowest BCUT2D eigenvalue weighted by Crippen LogP contribution is -2.16. The Bertz CT molecular complexity index is 390. The Labute approximate surface area is 95.7 Å². The van der Waals surface area contributed by atoms with Crippen molar-refractivity contribution in [1.29, 1.82) is 0 Å². The van der Waals surface area contributed by atoms with Crippen molar-refractivity contribution in [1.82, 2.24) is 0 Å². The highest BCUT2D eigenvalue weighted by Crippen LogP contribution is 2.14. The van der Waals surface area contributed by atoms with Gasteiger partial charge in [0.1, 0.15) is 7.11 Å². The predicted molar refractivity (Wildman–Crippen MR) is 60.3 cm³/mol. The summed E-state index contributed by atoms with van der Waals surface area (Å²) in [6.07, 6.45) is 0. The van der Waals surface area contributed by atoms with E-state index in [1.807, 2.05) is 12.1 Å². The van der Waals surface area contributed by atoms with Crippen LogP contribution in [0.3, 0.4) is 0 Å². The Balaban J connectivity index is 3.22. The van der Waals surface area contributed by atoms with Gasteiger partial charge in [0, 0.05) is 10.9 Å². The SMILES string of the molecule is CO/N=C(\C(=O)O)c1ccccc1CBr. The van der Waals surface area contributed by atoms with E-state index in [2.05, 4.69) is 25.9 Å². The summed E-state index contributed by atoms with van der Waals surface area (Å²) in [6, 6.07) is 7.13. The van der Waals surface area contributed by atoms with Gasteiger partial charge in [-0.15, -0.1) is 0 Å².